The highest BCUT2D eigenvalue weighted by molar-refractivity contribution is 6.94. The largest absolute Gasteiger partial charge is 0.456 e. The first-order valence-corrected chi connectivity index (χ1v) is 24.2. The summed E-state index contributed by atoms with van der Waals surface area (Å²) < 4.78 is 13.9. The minimum atomic E-state index is -0.226. The zero-order valence-electron chi connectivity index (χ0n) is 37.9. The van der Waals surface area contributed by atoms with Gasteiger partial charge in [0.1, 0.15) is 22.3 Å². The number of anilines is 5. The number of furan rings is 2. The van der Waals surface area contributed by atoms with Crippen LogP contribution in [-0.4, -0.2) is 6.85 Å². The van der Waals surface area contributed by atoms with Gasteiger partial charge in [-0.05, 0) is 119 Å². The van der Waals surface area contributed by atoms with E-state index in [0.717, 1.165) is 109 Å². The van der Waals surface area contributed by atoms with Crippen molar-refractivity contribution in [1.29, 1.82) is 0 Å². The Morgan fingerprint density at radius 1 is 0.463 bits per heavy atom. The lowest BCUT2D eigenvalue weighted by molar-refractivity contribution is 0.669. The number of fused-ring (bicyclic) bond motifs is 12. The van der Waals surface area contributed by atoms with Crippen molar-refractivity contribution in [1.82, 2.24) is 0 Å². The molecule has 4 heterocycles. The van der Waals surface area contributed by atoms with Crippen LogP contribution in [0.1, 0.15) is 50.7 Å². The van der Waals surface area contributed by atoms with E-state index in [4.69, 9.17) is 8.83 Å². The maximum atomic E-state index is 7.13. The van der Waals surface area contributed by atoms with E-state index in [2.05, 4.69) is 212 Å². The number of para-hydroxylation sites is 2. The fraction of sp³-hybridized carbons (Fsp3) is 0.129. The molecule has 2 aliphatic heterocycles. The van der Waals surface area contributed by atoms with Gasteiger partial charge in [-0.25, -0.2) is 0 Å². The third kappa shape index (κ3) is 6.28. The molecule has 0 fully saturated rings. The third-order valence-electron chi connectivity index (χ3n) is 14.4. The van der Waals surface area contributed by atoms with Gasteiger partial charge in [0.2, 0.25) is 0 Å². The first kappa shape index (κ1) is 39.6. The van der Waals surface area contributed by atoms with E-state index in [-0.39, 0.29) is 6.85 Å². The Bertz CT molecular complexity index is 3680. The monoisotopic (exact) mass is 864 g/mol. The number of aryl methyl sites for hydroxylation is 2. The summed E-state index contributed by atoms with van der Waals surface area (Å²) in [6.07, 6.45) is 6.72. The van der Waals surface area contributed by atoms with Crippen LogP contribution in [0.3, 0.4) is 0 Å². The molecule has 4 nitrogen and oxygen atoms in total. The van der Waals surface area contributed by atoms with Crippen molar-refractivity contribution >= 4 is 90.1 Å². The van der Waals surface area contributed by atoms with Crippen molar-refractivity contribution in [3.05, 3.63) is 199 Å². The van der Waals surface area contributed by atoms with Crippen molar-refractivity contribution in [3.63, 3.8) is 0 Å². The summed E-state index contributed by atoms with van der Waals surface area (Å²) in [4.78, 5) is 5.22. The van der Waals surface area contributed by atoms with Crippen LogP contribution in [-0.2, 0) is 12.8 Å². The second-order valence-electron chi connectivity index (χ2n) is 18.4. The zero-order chi connectivity index (χ0) is 44.6. The summed E-state index contributed by atoms with van der Waals surface area (Å²) in [6.45, 7) is 4.32. The molecular formula is C62H49BN2O2. The van der Waals surface area contributed by atoms with Crippen molar-refractivity contribution in [2.24, 2.45) is 0 Å². The smallest absolute Gasteiger partial charge is 0.333 e. The van der Waals surface area contributed by atoms with Crippen LogP contribution in [0.2, 0.25) is 0 Å². The van der Waals surface area contributed by atoms with E-state index >= 15 is 0 Å². The van der Waals surface area contributed by atoms with E-state index in [9.17, 15) is 0 Å². The highest BCUT2D eigenvalue weighted by Crippen LogP contribution is 2.54. The molecule has 9 aromatic carbocycles. The molecule has 0 radical (unpaired) electrons. The number of benzene rings is 9. The van der Waals surface area contributed by atoms with Gasteiger partial charge < -0.3 is 18.5 Å². The van der Waals surface area contributed by atoms with E-state index in [1.807, 2.05) is 0 Å². The molecule has 0 saturated carbocycles. The maximum Gasteiger partial charge on any atom is 0.333 e. The van der Waals surface area contributed by atoms with Crippen molar-refractivity contribution in [3.8, 4) is 33.4 Å². The van der Waals surface area contributed by atoms with E-state index in [1.54, 1.807) is 0 Å². The SMILES string of the molecule is CCCCc1ccc(N2B3c4ccc5oc6ccccc6c5c4N(c4ccc(CCCC)cc4-c4ccccc4)c4cc5c(oc6ccccc65)c(c43)-c3ccc(-c4ccccc4)cc32)cc1. The molecule has 322 valence electrons. The number of hydrogen-bond donors (Lipinski definition) is 0. The molecular weight excluding hydrogens is 816 g/mol. The molecule has 0 N–H and O–H groups in total. The van der Waals surface area contributed by atoms with Crippen molar-refractivity contribution < 1.29 is 8.83 Å². The summed E-state index contributed by atoms with van der Waals surface area (Å²) in [7, 11) is 0. The summed E-state index contributed by atoms with van der Waals surface area (Å²) in [6, 6.07) is 69.5. The van der Waals surface area contributed by atoms with Crippen LogP contribution >= 0.6 is 0 Å². The first-order chi connectivity index (χ1) is 33.2. The van der Waals surface area contributed by atoms with Gasteiger partial charge in [0.15, 0.2) is 0 Å². The normalized spacial score (nSPS) is 12.9. The van der Waals surface area contributed by atoms with Crippen LogP contribution in [0.25, 0.3) is 77.3 Å². The summed E-state index contributed by atoms with van der Waals surface area (Å²) >= 11 is 0. The second kappa shape index (κ2) is 16.0. The number of hydrogen-bond acceptors (Lipinski definition) is 4. The lowest BCUT2D eigenvalue weighted by atomic mass is 9.43. The number of unbranched alkanes of at least 4 members (excludes halogenated alkanes) is 2. The second-order valence-corrected chi connectivity index (χ2v) is 18.4. The van der Waals surface area contributed by atoms with Gasteiger partial charge in [-0.15, -0.1) is 0 Å². The predicted octanol–water partition coefficient (Wildman–Crippen LogP) is 16.2. The van der Waals surface area contributed by atoms with Crippen molar-refractivity contribution in [2.45, 2.75) is 52.4 Å². The van der Waals surface area contributed by atoms with Crippen molar-refractivity contribution in [2.75, 3.05) is 9.71 Å². The van der Waals surface area contributed by atoms with Crippen LogP contribution in [0.15, 0.2) is 197 Å². The summed E-state index contributed by atoms with van der Waals surface area (Å²) in [5.41, 5.74) is 21.5. The topological polar surface area (TPSA) is 32.8 Å². The Labute approximate surface area is 391 Å². The van der Waals surface area contributed by atoms with E-state index < -0.39 is 0 Å². The third-order valence-corrected chi connectivity index (χ3v) is 14.4. The molecule has 0 spiro atoms. The Kier molecular flexibility index (Phi) is 9.45. The van der Waals surface area contributed by atoms with Gasteiger partial charge in [-0.3, -0.25) is 0 Å². The van der Waals surface area contributed by atoms with Gasteiger partial charge in [-0.1, -0.05) is 160 Å². The van der Waals surface area contributed by atoms with Crippen LogP contribution in [0.4, 0.5) is 28.4 Å². The predicted molar refractivity (Wildman–Crippen MR) is 283 cm³/mol. The molecule has 0 amide bonds. The molecule has 5 heteroatoms. The first-order valence-electron chi connectivity index (χ1n) is 24.2. The molecule has 0 saturated heterocycles. The summed E-state index contributed by atoms with van der Waals surface area (Å²) in [5.74, 6) is 0. The van der Waals surface area contributed by atoms with Gasteiger partial charge >= 0.3 is 6.85 Å². The lowest BCUT2D eigenvalue weighted by Crippen LogP contribution is -2.61. The van der Waals surface area contributed by atoms with Gasteiger partial charge in [0.05, 0.1) is 16.8 Å². The number of nitrogens with zero attached hydrogens (tertiary/aromatic N) is 2. The molecule has 0 aliphatic carbocycles. The van der Waals surface area contributed by atoms with Gasteiger partial charge in [0, 0.05) is 49.9 Å². The highest BCUT2D eigenvalue weighted by atomic mass is 16.3. The minimum absolute atomic E-state index is 0.226. The number of rotatable bonds is 10. The minimum Gasteiger partial charge on any atom is -0.456 e. The molecule has 0 unspecified atom stereocenters. The Morgan fingerprint density at radius 2 is 1.13 bits per heavy atom. The van der Waals surface area contributed by atoms with Crippen LogP contribution in [0.5, 0.6) is 0 Å². The van der Waals surface area contributed by atoms with Gasteiger partial charge in [-0.2, -0.15) is 0 Å². The molecule has 13 rings (SSSR count). The molecule has 67 heavy (non-hydrogen) atoms. The fourth-order valence-corrected chi connectivity index (χ4v) is 11.2. The molecule has 0 bridgehead atoms. The van der Waals surface area contributed by atoms with Gasteiger partial charge in [0.25, 0.3) is 0 Å². The van der Waals surface area contributed by atoms with Crippen LogP contribution in [0, 0.1) is 0 Å². The highest BCUT2D eigenvalue weighted by Gasteiger charge is 2.48. The Balaban J connectivity index is 1.20. The maximum absolute atomic E-state index is 7.13. The van der Waals surface area contributed by atoms with Crippen LogP contribution < -0.4 is 20.6 Å². The summed E-state index contributed by atoms with van der Waals surface area (Å²) in [5, 5.41) is 4.43. The molecule has 2 aliphatic rings. The quantitative estimate of drug-likeness (QED) is 0.128. The molecule has 2 aromatic heterocycles. The molecule has 0 atom stereocenters. The average Bonchev–Trinajstić information content (AvgIpc) is 3.96. The zero-order valence-corrected chi connectivity index (χ0v) is 37.9. The van der Waals surface area contributed by atoms with E-state index in [1.165, 1.54) is 57.1 Å². The molecule has 11 aromatic rings. The Morgan fingerprint density at radius 3 is 1.90 bits per heavy atom. The average molecular weight is 865 g/mol. The lowest BCUT2D eigenvalue weighted by Gasteiger charge is -2.46. The van der Waals surface area contributed by atoms with E-state index in [0.29, 0.717) is 0 Å². The Hall–Kier alpha value is -7.76. The fourth-order valence-electron chi connectivity index (χ4n) is 11.2. The standard InChI is InChI=1S/C62H49BN2O2/c1-3-5-17-40-27-31-45(32-28-40)65-53-38-44(42-19-9-7-10-20-42)30-33-47(53)59-60-54(39-50-46-23-13-15-25-55(46)67-62(50)59)64(52-35-29-41(18-6-4-2)37-49(52)43-21-11-8-12-22-43)61-51(63(60)65)34-36-57-58(61)48-24-14-16-26-56(48)66-57/h7-16,19-39H,3-6,17-18H2,1-2H3.